The minimum absolute atomic E-state index is 0. The van der Waals surface area contributed by atoms with Gasteiger partial charge in [0.1, 0.15) is 5.75 Å². The third-order valence-corrected chi connectivity index (χ3v) is 3.75. The quantitative estimate of drug-likeness (QED) is 0.740. The van der Waals surface area contributed by atoms with Crippen LogP contribution < -0.4 is 15.4 Å². The molecule has 0 radical (unpaired) electrons. The second-order valence-electron chi connectivity index (χ2n) is 6.04. The molecule has 1 aromatic carbocycles. The number of rotatable bonds is 6. The highest BCUT2D eigenvalue weighted by Crippen LogP contribution is 2.20. The van der Waals surface area contributed by atoms with Crippen molar-refractivity contribution in [3.8, 4) is 5.75 Å². The fourth-order valence-corrected chi connectivity index (χ4v) is 2.60. The Balaban J connectivity index is 0.00000264. The zero-order chi connectivity index (χ0) is 15.9. The van der Waals surface area contributed by atoms with Gasteiger partial charge in [-0.1, -0.05) is 12.1 Å². The number of benzene rings is 1. The Morgan fingerprint density at radius 3 is 2.91 bits per heavy atom. The molecule has 0 spiro atoms. The lowest BCUT2D eigenvalue weighted by atomic mass is 9.98. The lowest BCUT2D eigenvalue weighted by Gasteiger charge is -2.22. The van der Waals surface area contributed by atoms with E-state index in [9.17, 15) is 9.90 Å². The number of carbonyl (C=O) groups is 1. The maximum absolute atomic E-state index is 12.1. The number of carbonyl (C=O) groups excluding carboxylic acids is 1. The van der Waals surface area contributed by atoms with E-state index in [-0.39, 0.29) is 36.9 Å². The highest BCUT2D eigenvalue weighted by Gasteiger charge is 2.21. The molecule has 1 saturated heterocycles. The van der Waals surface area contributed by atoms with E-state index in [4.69, 9.17) is 4.74 Å². The van der Waals surface area contributed by atoms with Crippen LogP contribution in [0.25, 0.3) is 0 Å². The van der Waals surface area contributed by atoms with E-state index in [0.717, 1.165) is 37.2 Å². The molecule has 130 valence electrons. The van der Waals surface area contributed by atoms with E-state index in [1.807, 2.05) is 38.1 Å². The third-order valence-electron chi connectivity index (χ3n) is 3.75. The summed E-state index contributed by atoms with van der Waals surface area (Å²) in [5.41, 5.74) is 0.750. The fraction of sp³-hybridized carbons (Fsp3) is 0.588. The van der Waals surface area contributed by atoms with Gasteiger partial charge in [0.05, 0.1) is 18.1 Å². The summed E-state index contributed by atoms with van der Waals surface area (Å²) in [7, 11) is 0. The molecule has 5 nitrogen and oxygen atoms in total. The van der Waals surface area contributed by atoms with E-state index >= 15 is 0 Å². The van der Waals surface area contributed by atoms with Crippen molar-refractivity contribution in [2.45, 2.75) is 38.9 Å². The molecule has 2 unspecified atom stereocenters. The number of ether oxygens (including phenoxy) is 1. The van der Waals surface area contributed by atoms with Crippen molar-refractivity contribution >= 4 is 18.3 Å². The van der Waals surface area contributed by atoms with Gasteiger partial charge in [-0.15, -0.1) is 12.4 Å². The number of halogens is 1. The van der Waals surface area contributed by atoms with Crippen molar-refractivity contribution in [2.75, 3.05) is 19.6 Å². The topological polar surface area (TPSA) is 70.6 Å². The van der Waals surface area contributed by atoms with Crippen LogP contribution in [-0.2, 0) is 4.79 Å². The van der Waals surface area contributed by atoms with E-state index in [2.05, 4.69) is 10.6 Å². The number of hydrogen-bond acceptors (Lipinski definition) is 4. The molecule has 2 rings (SSSR count). The summed E-state index contributed by atoms with van der Waals surface area (Å²) in [6, 6.07) is 7.37. The first-order chi connectivity index (χ1) is 10.6. The van der Waals surface area contributed by atoms with Crippen LogP contribution in [0.3, 0.4) is 0 Å². The number of piperidine rings is 1. The summed E-state index contributed by atoms with van der Waals surface area (Å²) in [5.74, 6) is 0.756. The number of amides is 1. The molecule has 0 aliphatic carbocycles. The molecule has 0 saturated carbocycles. The predicted molar refractivity (Wildman–Crippen MR) is 93.0 cm³/mol. The summed E-state index contributed by atoms with van der Waals surface area (Å²) in [6.07, 6.45) is 1.30. The zero-order valence-corrected chi connectivity index (χ0v) is 14.6. The number of hydrogen-bond donors (Lipinski definition) is 3. The molecule has 1 aromatic rings. The molecule has 3 N–H and O–H groups in total. The van der Waals surface area contributed by atoms with Crippen LogP contribution >= 0.6 is 12.4 Å². The van der Waals surface area contributed by atoms with Gasteiger partial charge in [0, 0.05) is 13.1 Å². The highest BCUT2D eigenvalue weighted by atomic mass is 35.5. The molecular formula is C17H27ClN2O3. The van der Waals surface area contributed by atoms with Gasteiger partial charge in [0.2, 0.25) is 5.91 Å². The van der Waals surface area contributed by atoms with Gasteiger partial charge in [-0.3, -0.25) is 4.79 Å². The van der Waals surface area contributed by atoms with Crippen LogP contribution in [0, 0.1) is 5.92 Å². The van der Waals surface area contributed by atoms with Crippen LogP contribution in [0.5, 0.6) is 5.75 Å². The van der Waals surface area contributed by atoms with E-state index in [1.54, 1.807) is 0 Å². The Kier molecular flexibility index (Phi) is 8.37. The van der Waals surface area contributed by atoms with Gasteiger partial charge in [-0.2, -0.15) is 0 Å². The second kappa shape index (κ2) is 9.75. The average Bonchev–Trinajstić information content (AvgIpc) is 2.52. The van der Waals surface area contributed by atoms with E-state index in [1.165, 1.54) is 0 Å². The molecule has 6 heteroatoms. The second-order valence-corrected chi connectivity index (χ2v) is 6.04. The van der Waals surface area contributed by atoms with Gasteiger partial charge in [-0.05, 0) is 50.9 Å². The number of nitrogens with one attached hydrogen (secondary N) is 2. The molecule has 0 aromatic heterocycles. The summed E-state index contributed by atoms with van der Waals surface area (Å²) < 4.78 is 5.62. The Morgan fingerprint density at radius 2 is 2.26 bits per heavy atom. The van der Waals surface area contributed by atoms with Crippen molar-refractivity contribution in [2.24, 2.45) is 5.92 Å². The minimum atomic E-state index is -0.726. The van der Waals surface area contributed by atoms with Crippen molar-refractivity contribution in [3.63, 3.8) is 0 Å². The largest absolute Gasteiger partial charge is 0.491 e. The molecular weight excluding hydrogens is 316 g/mol. The van der Waals surface area contributed by atoms with Gasteiger partial charge in [-0.25, -0.2) is 0 Å². The first kappa shape index (κ1) is 19.7. The maximum Gasteiger partial charge on any atom is 0.224 e. The Bertz CT molecular complexity index is 490. The normalized spacial score (nSPS) is 18.9. The van der Waals surface area contributed by atoms with E-state index in [0.29, 0.717) is 0 Å². The highest BCUT2D eigenvalue weighted by molar-refractivity contribution is 5.85. The monoisotopic (exact) mass is 342 g/mol. The molecule has 1 aliphatic rings. The maximum atomic E-state index is 12.1. The summed E-state index contributed by atoms with van der Waals surface area (Å²) in [6.45, 7) is 5.85. The first-order valence-electron chi connectivity index (χ1n) is 7.99. The smallest absolute Gasteiger partial charge is 0.224 e. The molecule has 2 atom stereocenters. The Labute approximate surface area is 144 Å². The van der Waals surface area contributed by atoms with Crippen LogP contribution in [0.15, 0.2) is 24.3 Å². The average molecular weight is 343 g/mol. The Hall–Kier alpha value is -1.30. The zero-order valence-electron chi connectivity index (χ0n) is 13.7. The first-order valence-corrected chi connectivity index (χ1v) is 7.99. The fourth-order valence-electron chi connectivity index (χ4n) is 2.60. The summed E-state index contributed by atoms with van der Waals surface area (Å²) >= 11 is 0. The van der Waals surface area contributed by atoms with Crippen molar-refractivity contribution in [1.29, 1.82) is 0 Å². The SMILES string of the molecule is CC(C)Oc1cccc(C(O)CNC(=O)C2CCCNC2)c1.Cl. The van der Waals surface area contributed by atoms with Crippen molar-refractivity contribution < 1.29 is 14.6 Å². The number of aliphatic hydroxyl groups is 1. The molecule has 1 amide bonds. The number of aliphatic hydroxyl groups excluding tert-OH is 1. The molecule has 1 heterocycles. The third kappa shape index (κ3) is 6.37. The van der Waals surface area contributed by atoms with E-state index < -0.39 is 6.10 Å². The lowest BCUT2D eigenvalue weighted by molar-refractivity contribution is -0.125. The van der Waals surface area contributed by atoms with Gasteiger partial charge in [0.15, 0.2) is 0 Å². The van der Waals surface area contributed by atoms with Gasteiger partial charge < -0.3 is 20.5 Å². The minimum Gasteiger partial charge on any atom is -0.491 e. The standard InChI is InChI=1S/C17H26N2O3.ClH/c1-12(2)22-15-7-3-5-13(9-15)16(20)11-19-17(21)14-6-4-8-18-10-14;/h3,5,7,9,12,14,16,18,20H,4,6,8,10-11H2,1-2H3,(H,19,21);1H. The molecule has 1 aliphatic heterocycles. The van der Waals surface area contributed by atoms with Gasteiger partial charge in [0.25, 0.3) is 0 Å². The van der Waals surface area contributed by atoms with Crippen molar-refractivity contribution in [3.05, 3.63) is 29.8 Å². The lowest BCUT2D eigenvalue weighted by Crippen LogP contribution is -2.41. The molecule has 0 bridgehead atoms. The molecule has 1 fully saturated rings. The summed E-state index contributed by atoms with van der Waals surface area (Å²) in [5, 5.41) is 16.3. The van der Waals surface area contributed by atoms with Gasteiger partial charge >= 0.3 is 0 Å². The van der Waals surface area contributed by atoms with Crippen LogP contribution in [-0.4, -0.2) is 36.8 Å². The Morgan fingerprint density at radius 1 is 1.48 bits per heavy atom. The predicted octanol–water partition coefficient (Wildman–Crippen LogP) is 2.04. The van der Waals surface area contributed by atoms with Crippen LogP contribution in [0.4, 0.5) is 0 Å². The summed E-state index contributed by atoms with van der Waals surface area (Å²) in [4.78, 5) is 12.1. The van der Waals surface area contributed by atoms with Crippen LogP contribution in [0.2, 0.25) is 0 Å². The van der Waals surface area contributed by atoms with Crippen molar-refractivity contribution in [1.82, 2.24) is 10.6 Å². The molecule has 23 heavy (non-hydrogen) atoms. The van der Waals surface area contributed by atoms with Crippen LogP contribution in [0.1, 0.15) is 38.4 Å².